The molecule has 2 N–H and O–H groups in total. The summed E-state index contributed by atoms with van der Waals surface area (Å²) in [5, 5.41) is 11.1. The van der Waals surface area contributed by atoms with Gasteiger partial charge in [0.1, 0.15) is 0 Å². The second kappa shape index (κ2) is 6.63. The molecule has 2 fully saturated rings. The zero-order chi connectivity index (χ0) is 15.6. The minimum absolute atomic E-state index is 0.315. The largest absolute Gasteiger partial charge is 0.396 e. The van der Waals surface area contributed by atoms with Gasteiger partial charge in [-0.1, -0.05) is 6.07 Å². The Hall–Kier alpha value is -1.36. The van der Waals surface area contributed by atoms with Crippen LogP contribution in [-0.4, -0.2) is 47.9 Å². The quantitative estimate of drug-likeness (QED) is 0.912. The normalized spacial score (nSPS) is 27.0. The van der Waals surface area contributed by atoms with Crippen LogP contribution in [0.4, 0.5) is 0 Å². The maximum atomic E-state index is 9.80. The Morgan fingerprint density at radius 1 is 1.17 bits per heavy atom. The highest BCUT2D eigenvalue weighted by atomic mass is 16.5. The molecule has 1 aromatic carbocycles. The third-order valence-electron chi connectivity index (χ3n) is 5.70. The topological polar surface area (TPSA) is 48.5 Å². The van der Waals surface area contributed by atoms with Gasteiger partial charge in [-0.3, -0.25) is 4.90 Å². The highest BCUT2D eigenvalue weighted by Crippen LogP contribution is 2.35. The van der Waals surface area contributed by atoms with Gasteiger partial charge in [0.2, 0.25) is 0 Å². The summed E-state index contributed by atoms with van der Waals surface area (Å²) in [5.74, 6) is 1.77. The predicted octanol–water partition coefficient (Wildman–Crippen LogP) is 2.63. The third kappa shape index (κ3) is 3.16. The maximum absolute atomic E-state index is 9.80. The lowest BCUT2D eigenvalue weighted by atomic mass is 9.80. The van der Waals surface area contributed by atoms with Crippen LogP contribution in [-0.2, 0) is 11.3 Å². The smallest absolute Gasteiger partial charge is 0.0474 e. The molecule has 0 radical (unpaired) electrons. The number of nitrogens with zero attached hydrogens (tertiary/aromatic N) is 1. The number of fused-ring (bicyclic) bond motifs is 1. The summed E-state index contributed by atoms with van der Waals surface area (Å²) < 4.78 is 5.50. The van der Waals surface area contributed by atoms with Crippen molar-refractivity contribution in [1.29, 1.82) is 0 Å². The molecule has 0 saturated carbocycles. The number of nitrogens with one attached hydrogen (secondary N) is 1. The van der Waals surface area contributed by atoms with E-state index < -0.39 is 0 Å². The molecule has 0 aliphatic carbocycles. The first-order valence-corrected chi connectivity index (χ1v) is 8.80. The van der Waals surface area contributed by atoms with E-state index in [1.807, 2.05) is 6.20 Å². The first-order valence-electron chi connectivity index (χ1n) is 8.80. The van der Waals surface area contributed by atoms with E-state index in [1.54, 1.807) is 0 Å². The average molecular weight is 314 g/mol. The maximum Gasteiger partial charge on any atom is 0.0474 e. The number of hydrogen-bond acceptors (Lipinski definition) is 3. The van der Waals surface area contributed by atoms with Crippen molar-refractivity contribution in [2.24, 2.45) is 17.8 Å². The number of H-pyrrole nitrogens is 1. The average Bonchev–Trinajstić information content (AvgIpc) is 3.21. The number of ether oxygens (including phenoxy) is 1. The molecular formula is C19H26N2O2. The Morgan fingerprint density at radius 2 is 2.04 bits per heavy atom. The van der Waals surface area contributed by atoms with Crippen LogP contribution < -0.4 is 0 Å². The van der Waals surface area contributed by atoms with E-state index in [9.17, 15) is 5.11 Å². The number of likely N-dealkylation sites (tertiary alicyclic amines) is 1. The van der Waals surface area contributed by atoms with Gasteiger partial charge in [0.05, 0.1) is 0 Å². The van der Waals surface area contributed by atoms with E-state index in [0.29, 0.717) is 18.4 Å². The number of rotatable bonds is 4. The summed E-state index contributed by atoms with van der Waals surface area (Å²) in [4.78, 5) is 5.77. The highest BCUT2D eigenvalue weighted by molar-refractivity contribution is 5.79. The van der Waals surface area contributed by atoms with Crippen LogP contribution in [0.5, 0.6) is 0 Å². The van der Waals surface area contributed by atoms with Crippen molar-refractivity contribution in [1.82, 2.24) is 9.88 Å². The summed E-state index contributed by atoms with van der Waals surface area (Å²) in [6.45, 7) is 5.21. The van der Waals surface area contributed by atoms with Crippen molar-refractivity contribution in [3.8, 4) is 0 Å². The van der Waals surface area contributed by atoms with E-state index in [-0.39, 0.29) is 0 Å². The third-order valence-corrected chi connectivity index (χ3v) is 5.70. The van der Waals surface area contributed by atoms with Gasteiger partial charge in [0, 0.05) is 51.2 Å². The minimum atomic E-state index is 0.315. The van der Waals surface area contributed by atoms with Crippen LogP contribution in [0.1, 0.15) is 18.4 Å². The van der Waals surface area contributed by atoms with Crippen LogP contribution in [0.15, 0.2) is 30.5 Å². The van der Waals surface area contributed by atoms with Gasteiger partial charge in [-0.2, -0.15) is 0 Å². The Balaban J connectivity index is 1.44. The lowest BCUT2D eigenvalue weighted by Crippen LogP contribution is -2.29. The van der Waals surface area contributed by atoms with Crippen LogP contribution in [0, 0.1) is 17.8 Å². The van der Waals surface area contributed by atoms with E-state index >= 15 is 0 Å². The molecule has 1 aromatic heterocycles. The Labute approximate surface area is 137 Å². The van der Waals surface area contributed by atoms with Crippen LogP contribution in [0.25, 0.3) is 10.9 Å². The molecule has 4 nitrogen and oxygen atoms in total. The molecule has 0 bridgehead atoms. The molecule has 23 heavy (non-hydrogen) atoms. The van der Waals surface area contributed by atoms with Gasteiger partial charge >= 0.3 is 0 Å². The fourth-order valence-electron chi connectivity index (χ4n) is 4.45. The molecule has 124 valence electrons. The summed E-state index contributed by atoms with van der Waals surface area (Å²) in [6.07, 6.45) is 4.31. The Morgan fingerprint density at radius 3 is 2.87 bits per heavy atom. The van der Waals surface area contributed by atoms with Crippen LogP contribution in [0.2, 0.25) is 0 Å². The predicted molar refractivity (Wildman–Crippen MR) is 91.2 cm³/mol. The van der Waals surface area contributed by atoms with Crippen molar-refractivity contribution in [2.45, 2.75) is 19.4 Å². The molecule has 2 aliphatic rings. The van der Waals surface area contributed by atoms with Gasteiger partial charge < -0.3 is 14.8 Å². The fourth-order valence-corrected chi connectivity index (χ4v) is 4.45. The number of aliphatic hydroxyl groups is 1. The summed E-state index contributed by atoms with van der Waals surface area (Å²) in [5.41, 5.74) is 2.56. The first kappa shape index (κ1) is 15.2. The fraction of sp³-hybridized carbons (Fsp3) is 0.579. The lowest BCUT2D eigenvalue weighted by molar-refractivity contribution is 0.0352. The molecule has 0 amide bonds. The van der Waals surface area contributed by atoms with E-state index in [4.69, 9.17) is 4.74 Å². The molecule has 0 spiro atoms. The van der Waals surface area contributed by atoms with E-state index in [0.717, 1.165) is 51.6 Å². The zero-order valence-corrected chi connectivity index (χ0v) is 13.6. The first-order chi connectivity index (χ1) is 11.3. The van der Waals surface area contributed by atoms with Crippen molar-refractivity contribution in [3.63, 3.8) is 0 Å². The van der Waals surface area contributed by atoms with Gasteiger partial charge in [0.25, 0.3) is 0 Å². The van der Waals surface area contributed by atoms with Gasteiger partial charge in [-0.15, -0.1) is 0 Å². The molecule has 4 rings (SSSR count). The molecular weight excluding hydrogens is 288 g/mol. The molecule has 2 atom stereocenters. The number of aliphatic hydroxyl groups excluding tert-OH is 1. The SMILES string of the molecule is OC[C@@H]1CN(Cc2ccc3[nH]ccc3c2)C[C@H]1C1CCOCC1. The Kier molecular flexibility index (Phi) is 4.38. The summed E-state index contributed by atoms with van der Waals surface area (Å²) >= 11 is 0. The minimum Gasteiger partial charge on any atom is -0.396 e. The van der Waals surface area contributed by atoms with Gasteiger partial charge in [-0.05, 0) is 59.7 Å². The van der Waals surface area contributed by atoms with E-state index in [2.05, 4.69) is 34.1 Å². The highest BCUT2D eigenvalue weighted by Gasteiger charge is 2.37. The summed E-state index contributed by atoms with van der Waals surface area (Å²) in [7, 11) is 0. The van der Waals surface area contributed by atoms with Crippen molar-refractivity contribution >= 4 is 10.9 Å². The van der Waals surface area contributed by atoms with Gasteiger partial charge in [0.15, 0.2) is 0 Å². The Bertz CT molecular complexity index is 648. The number of aromatic nitrogens is 1. The van der Waals surface area contributed by atoms with Crippen molar-refractivity contribution in [3.05, 3.63) is 36.0 Å². The standard InChI is InChI=1S/C19H26N2O2/c22-13-17-11-21(12-18(17)15-4-7-23-8-5-15)10-14-1-2-19-16(9-14)3-6-20-19/h1-3,6,9,15,17-18,20,22H,4-5,7-8,10-13H2/t17-,18-/m0/s1. The monoisotopic (exact) mass is 314 g/mol. The molecule has 4 heteroatoms. The number of aromatic amines is 1. The van der Waals surface area contributed by atoms with Crippen LogP contribution in [0.3, 0.4) is 0 Å². The summed E-state index contributed by atoms with van der Waals surface area (Å²) in [6, 6.07) is 8.79. The van der Waals surface area contributed by atoms with Crippen LogP contribution >= 0.6 is 0 Å². The number of benzene rings is 1. The molecule has 2 saturated heterocycles. The number of hydrogen-bond donors (Lipinski definition) is 2. The zero-order valence-electron chi connectivity index (χ0n) is 13.6. The van der Waals surface area contributed by atoms with Gasteiger partial charge in [-0.25, -0.2) is 0 Å². The lowest BCUT2D eigenvalue weighted by Gasteiger charge is -2.30. The van der Waals surface area contributed by atoms with E-state index in [1.165, 1.54) is 16.5 Å². The molecule has 0 unspecified atom stereocenters. The molecule has 3 heterocycles. The molecule has 2 aliphatic heterocycles. The van der Waals surface area contributed by atoms with Crippen molar-refractivity contribution in [2.75, 3.05) is 32.9 Å². The van der Waals surface area contributed by atoms with Crippen molar-refractivity contribution < 1.29 is 9.84 Å². The molecule has 2 aromatic rings. The second-order valence-corrected chi connectivity index (χ2v) is 7.15. The second-order valence-electron chi connectivity index (χ2n) is 7.15.